The summed E-state index contributed by atoms with van der Waals surface area (Å²) in [5.41, 5.74) is 5.96. The number of fused-ring (bicyclic) bond motifs is 1. The molecular formula is C26H31N9O2S. The largest absolute Gasteiger partial charge is 0.352 e. The third-order valence-electron chi connectivity index (χ3n) is 5.91. The van der Waals surface area contributed by atoms with E-state index in [2.05, 4.69) is 47.4 Å². The maximum atomic E-state index is 12.8. The zero-order chi connectivity index (χ0) is 27.8. The van der Waals surface area contributed by atoms with Gasteiger partial charge in [0.15, 0.2) is 15.5 Å². The monoisotopic (exact) mass is 533 g/mol. The van der Waals surface area contributed by atoms with Crippen LogP contribution in [0.25, 0.3) is 22.4 Å². The lowest BCUT2D eigenvalue weighted by Crippen LogP contribution is -2.10. The minimum atomic E-state index is -3.59. The number of imidazole rings is 1. The number of nitrogens with zero attached hydrogens (tertiary/aromatic N) is 6. The Labute approximate surface area is 221 Å². The first-order valence-electron chi connectivity index (χ1n) is 11.8. The van der Waals surface area contributed by atoms with Crippen LogP contribution >= 0.6 is 0 Å². The van der Waals surface area contributed by atoms with Crippen LogP contribution in [0.15, 0.2) is 56.7 Å². The Morgan fingerprint density at radius 1 is 1.08 bits per heavy atom. The van der Waals surface area contributed by atoms with Crippen LogP contribution < -0.4 is 10.6 Å². The Morgan fingerprint density at radius 3 is 2.45 bits per heavy atom. The van der Waals surface area contributed by atoms with Crippen LogP contribution in [-0.4, -0.2) is 52.0 Å². The van der Waals surface area contributed by atoms with Crippen LogP contribution in [0.1, 0.15) is 32.2 Å². The average molecular weight is 534 g/mol. The van der Waals surface area contributed by atoms with Gasteiger partial charge in [0.05, 0.1) is 33.4 Å². The standard InChI is InChI=1S/C26H31N9O2S/c1-14-13-35(7)34-24(14)19-9-10-20(22(11-19)38(8,36)37)32-21-12-23(33-26-25(21)30-18(5)31-26)29-17(4)28-16(3)15(2)27-6/h9-13H,6H2,1-5,7-8H3,(H3,28,29,30,31,32,33)/b16-15-. The van der Waals surface area contributed by atoms with E-state index >= 15 is 0 Å². The fourth-order valence-electron chi connectivity index (χ4n) is 4.04. The molecular weight excluding hydrogens is 502 g/mol. The van der Waals surface area contributed by atoms with Crippen molar-refractivity contribution in [2.75, 3.05) is 16.9 Å². The van der Waals surface area contributed by atoms with Crippen molar-refractivity contribution in [2.45, 2.75) is 39.5 Å². The second-order valence-corrected chi connectivity index (χ2v) is 11.2. The highest BCUT2D eigenvalue weighted by Gasteiger charge is 2.19. The molecule has 4 rings (SSSR count). The molecule has 12 heteroatoms. The number of benzene rings is 1. The van der Waals surface area contributed by atoms with Crippen LogP contribution in [0, 0.1) is 13.8 Å². The molecule has 0 aliphatic heterocycles. The average Bonchev–Trinajstić information content (AvgIpc) is 3.38. The summed E-state index contributed by atoms with van der Waals surface area (Å²) in [5.74, 6) is 1.78. The molecule has 0 radical (unpaired) electrons. The van der Waals surface area contributed by atoms with Crippen molar-refractivity contribution < 1.29 is 8.42 Å². The number of hydrogen-bond donors (Lipinski definition) is 3. The van der Waals surface area contributed by atoms with Crippen molar-refractivity contribution in [3.63, 3.8) is 0 Å². The number of pyridine rings is 1. The molecule has 3 aromatic heterocycles. The zero-order valence-corrected chi connectivity index (χ0v) is 23.3. The molecule has 3 N–H and O–H groups in total. The number of nitrogens with one attached hydrogen (secondary N) is 3. The number of aromatic amines is 1. The smallest absolute Gasteiger partial charge is 0.177 e. The molecule has 0 saturated heterocycles. The Morgan fingerprint density at radius 2 is 1.82 bits per heavy atom. The van der Waals surface area contributed by atoms with Gasteiger partial charge in [0.25, 0.3) is 0 Å². The lowest BCUT2D eigenvalue weighted by atomic mass is 10.1. The number of allylic oxidation sites excluding steroid dienone is 2. The minimum absolute atomic E-state index is 0.151. The van der Waals surface area contributed by atoms with E-state index in [-0.39, 0.29) is 4.90 Å². The summed E-state index contributed by atoms with van der Waals surface area (Å²) in [6.45, 7) is 12.8. The second-order valence-electron chi connectivity index (χ2n) is 9.17. The van der Waals surface area contributed by atoms with Gasteiger partial charge in [-0.05, 0) is 59.0 Å². The second kappa shape index (κ2) is 10.2. The van der Waals surface area contributed by atoms with E-state index in [1.807, 2.05) is 53.9 Å². The van der Waals surface area contributed by atoms with E-state index in [0.29, 0.717) is 45.6 Å². The molecule has 0 saturated carbocycles. The first kappa shape index (κ1) is 26.7. The summed E-state index contributed by atoms with van der Waals surface area (Å²) in [6.07, 6.45) is 3.08. The van der Waals surface area contributed by atoms with Gasteiger partial charge in [-0.1, -0.05) is 6.07 Å². The summed E-state index contributed by atoms with van der Waals surface area (Å²) in [7, 11) is -1.76. The van der Waals surface area contributed by atoms with E-state index in [1.165, 1.54) is 6.26 Å². The molecule has 1 aromatic carbocycles. The topological polar surface area (TPSA) is 142 Å². The molecule has 0 bridgehead atoms. The number of rotatable bonds is 7. The van der Waals surface area contributed by atoms with Gasteiger partial charge >= 0.3 is 0 Å². The summed E-state index contributed by atoms with van der Waals surface area (Å²) >= 11 is 0. The highest BCUT2D eigenvalue weighted by Crippen LogP contribution is 2.33. The normalized spacial score (nSPS) is 13.0. The number of anilines is 3. The fourth-order valence-corrected chi connectivity index (χ4v) is 4.90. The number of aliphatic imine (C=N–C) groups is 2. The Kier molecular flexibility index (Phi) is 7.18. The van der Waals surface area contributed by atoms with E-state index in [4.69, 9.17) is 0 Å². The molecule has 0 aliphatic rings. The molecule has 3 heterocycles. The van der Waals surface area contributed by atoms with Crippen LogP contribution in [0.3, 0.4) is 0 Å². The highest BCUT2D eigenvalue weighted by atomic mass is 32.2. The van der Waals surface area contributed by atoms with Crippen molar-refractivity contribution >= 4 is 50.7 Å². The summed E-state index contributed by atoms with van der Waals surface area (Å²) < 4.78 is 27.4. The minimum Gasteiger partial charge on any atom is -0.352 e. The van der Waals surface area contributed by atoms with E-state index in [9.17, 15) is 8.42 Å². The zero-order valence-electron chi connectivity index (χ0n) is 22.5. The molecule has 38 heavy (non-hydrogen) atoms. The van der Waals surface area contributed by atoms with Crippen molar-refractivity contribution in [1.82, 2.24) is 24.7 Å². The summed E-state index contributed by atoms with van der Waals surface area (Å²) in [5, 5.41) is 10.9. The van der Waals surface area contributed by atoms with Gasteiger partial charge in [-0.25, -0.2) is 23.4 Å². The number of H-pyrrole nitrogens is 1. The van der Waals surface area contributed by atoms with E-state index in [1.54, 1.807) is 22.9 Å². The molecule has 0 spiro atoms. The molecule has 0 unspecified atom stereocenters. The van der Waals surface area contributed by atoms with Crippen LogP contribution in [-0.2, 0) is 16.9 Å². The third kappa shape index (κ3) is 5.65. The molecule has 0 fully saturated rings. The number of sulfone groups is 1. The number of aryl methyl sites for hydroxylation is 3. The first-order chi connectivity index (χ1) is 17.8. The van der Waals surface area contributed by atoms with Crippen LogP contribution in [0.5, 0.6) is 0 Å². The van der Waals surface area contributed by atoms with Crippen molar-refractivity contribution in [1.29, 1.82) is 0 Å². The van der Waals surface area contributed by atoms with E-state index in [0.717, 1.165) is 22.7 Å². The number of hydrogen-bond acceptors (Lipinski definition) is 8. The molecule has 0 aliphatic carbocycles. The molecule has 4 aromatic rings. The lowest BCUT2D eigenvalue weighted by molar-refractivity contribution is 0.602. The van der Waals surface area contributed by atoms with Gasteiger partial charge in [-0.15, -0.1) is 0 Å². The number of aromatic nitrogens is 5. The predicted molar refractivity (Wildman–Crippen MR) is 153 cm³/mol. The summed E-state index contributed by atoms with van der Waals surface area (Å²) in [4.78, 5) is 20.9. The molecule has 198 valence electrons. The summed E-state index contributed by atoms with van der Waals surface area (Å²) in [6, 6.07) is 7.00. The maximum Gasteiger partial charge on any atom is 0.177 e. The third-order valence-corrected chi connectivity index (χ3v) is 7.05. The van der Waals surface area contributed by atoms with Crippen molar-refractivity contribution in [2.24, 2.45) is 17.0 Å². The Balaban J connectivity index is 1.79. The quantitative estimate of drug-likeness (QED) is 0.226. The fraction of sp³-hybridized carbons (Fsp3) is 0.269. The van der Waals surface area contributed by atoms with E-state index < -0.39 is 9.84 Å². The van der Waals surface area contributed by atoms with Crippen LogP contribution in [0.2, 0.25) is 0 Å². The van der Waals surface area contributed by atoms with Gasteiger partial charge in [0.1, 0.15) is 23.0 Å². The molecule has 11 nitrogen and oxygen atoms in total. The van der Waals surface area contributed by atoms with Gasteiger partial charge in [0, 0.05) is 31.1 Å². The van der Waals surface area contributed by atoms with Gasteiger partial charge in [0.2, 0.25) is 0 Å². The van der Waals surface area contributed by atoms with Crippen LogP contribution in [0.4, 0.5) is 17.2 Å². The van der Waals surface area contributed by atoms with Gasteiger partial charge < -0.3 is 15.6 Å². The maximum absolute atomic E-state index is 12.8. The van der Waals surface area contributed by atoms with Gasteiger partial charge in [-0.2, -0.15) is 5.10 Å². The van der Waals surface area contributed by atoms with Crippen molar-refractivity contribution in [3.05, 3.63) is 53.2 Å². The number of amidine groups is 1. The SMILES string of the molecule is C=N/C(C)=C(C)\N=C(/C)Nc1cc(Nc2ccc(-c3nn(C)cc3C)cc2S(C)(=O)=O)c2nc(C)[nH]c2n1. The Bertz CT molecular complexity index is 1730. The van der Waals surface area contributed by atoms with Gasteiger partial charge in [-0.3, -0.25) is 9.67 Å². The van der Waals surface area contributed by atoms with Crippen molar-refractivity contribution in [3.8, 4) is 11.3 Å². The Hall–Kier alpha value is -4.32. The lowest BCUT2D eigenvalue weighted by Gasteiger charge is -2.14. The predicted octanol–water partition coefficient (Wildman–Crippen LogP) is 4.90. The highest BCUT2D eigenvalue weighted by molar-refractivity contribution is 7.90. The molecule has 0 atom stereocenters. The first-order valence-corrected chi connectivity index (χ1v) is 13.7. The molecule has 0 amide bonds.